The molecule has 0 amide bonds. The molecule has 0 aliphatic heterocycles. The van der Waals surface area contributed by atoms with Gasteiger partial charge in [-0.2, -0.15) is 5.26 Å². The minimum Gasteiger partial charge on any atom is -0.497 e. The number of hydrogen-bond donors (Lipinski definition) is 1. The molecule has 1 unspecified atom stereocenters. The van der Waals surface area contributed by atoms with Crippen LogP contribution < -0.4 is 4.74 Å². The van der Waals surface area contributed by atoms with Crippen molar-refractivity contribution in [3.63, 3.8) is 0 Å². The van der Waals surface area contributed by atoms with Crippen LogP contribution in [0, 0.1) is 17.1 Å². The second-order valence-electron chi connectivity index (χ2n) is 4.36. The second-order valence-corrected chi connectivity index (χ2v) is 4.36. The Balaban J connectivity index is 2.57. The predicted octanol–water partition coefficient (Wildman–Crippen LogP) is 2.92. The van der Waals surface area contributed by atoms with Crippen LogP contribution in [-0.2, 0) is 4.79 Å². The van der Waals surface area contributed by atoms with E-state index in [2.05, 4.69) is 0 Å². The average molecular weight is 285 g/mol. The summed E-state index contributed by atoms with van der Waals surface area (Å²) in [5.74, 6) is -2.40. The number of rotatable bonds is 4. The van der Waals surface area contributed by atoms with Gasteiger partial charge in [-0.05, 0) is 29.3 Å². The van der Waals surface area contributed by atoms with E-state index in [9.17, 15) is 14.3 Å². The first-order chi connectivity index (χ1) is 10.1. The molecule has 2 aromatic carbocycles. The largest absolute Gasteiger partial charge is 0.497 e. The van der Waals surface area contributed by atoms with E-state index in [0.717, 1.165) is 6.07 Å². The molecule has 1 N–H and O–H groups in total. The van der Waals surface area contributed by atoms with Crippen LogP contribution in [0.15, 0.2) is 42.5 Å². The maximum atomic E-state index is 13.7. The molecule has 2 aromatic rings. The van der Waals surface area contributed by atoms with E-state index in [0.29, 0.717) is 11.3 Å². The smallest absolute Gasteiger partial charge is 0.315 e. The SMILES string of the molecule is COc1ccc(C(C(=O)O)c2cccc(F)c2C#N)cc1. The molecule has 0 radical (unpaired) electrons. The fraction of sp³-hybridized carbons (Fsp3) is 0.125. The normalized spacial score (nSPS) is 11.5. The van der Waals surface area contributed by atoms with Crippen LogP contribution in [0.25, 0.3) is 0 Å². The van der Waals surface area contributed by atoms with Crippen LogP contribution in [-0.4, -0.2) is 18.2 Å². The highest BCUT2D eigenvalue weighted by Crippen LogP contribution is 2.30. The molecule has 0 aromatic heterocycles. The van der Waals surface area contributed by atoms with Crippen molar-refractivity contribution in [2.45, 2.75) is 5.92 Å². The van der Waals surface area contributed by atoms with Gasteiger partial charge in [0.2, 0.25) is 0 Å². The topological polar surface area (TPSA) is 70.3 Å². The van der Waals surface area contributed by atoms with Crippen LogP contribution in [0.1, 0.15) is 22.6 Å². The Morgan fingerprint density at radius 2 is 1.95 bits per heavy atom. The fourth-order valence-corrected chi connectivity index (χ4v) is 2.15. The minimum absolute atomic E-state index is 0.134. The molecule has 5 heteroatoms. The van der Waals surface area contributed by atoms with Gasteiger partial charge in [0.15, 0.2) is 0 Å². The van der Waals surface area contributed by atoms with Crippen LogP contribution in [0.2, 0.25) is 0 Å². The van der Waals surface area contributed by atoms with Crippen molar-refractivity contribution in [1.29, 1.82) is 5.26 Å². The number of ether oxygens (including phenoxy) is 1. The van der Waals surface area contributed by atoms with Gasteiger partial charge in [-0.15, -0.1) is 0 Å². The maximum Gasteiger partial charge on any atom is 0.315 e. The van der Waals surface area contributed by atoms with Crippen molar-refractivity contribution in [1.82, 2.24) is 0 Å². The zero-order chi connectivity index (χ0) is 15.4. The number of aliphatic carboxylic acids is 1. The average Bonchev–Trinajstić information content (AvgIpc) is 2.48. The molecule has 106 valence electrons. The van der Waals surface area contributed by atoms with Gasteiger partial charge in [-0.25, -0.2) is 4.39 Å². The third-order valence-corrected chi connectivity index (χ3v) is 3.16. The van der Waals surface area contributed by atoms with Gasteiger partial charge in [0.25, 0.3) is 0 Å². The van der Waals surface area contributed by atoms with E-state index in [4.69, 9.17) is 10.00 Å². The Hall–Kier alpha value is -2.87. The van der Waals surface area contributed by atoms with Crippen LogP contribution in [0.3, 0.4) is 0 Å². The molecule has 0 aliphatic rings. The van der Waals surface area contributed by atoms with E-state index in [1.807, 2.05) is 0 Å². The summed E-state index contributed by atoms with van der Waals surface area (Å²) in [5, 5.41) is 18.5. The number of hydrogen-bond acceptors (Lipinski definition) is 3. The van der Waals surface area contributed by atoms with Gasteiger partial charge < -0.3 is 9.84 Å². The second kappa shape index (κ2) is 6.06. The first kappa shape index (κ1) is 14.5. The summed E-state index contributed by atoms with van der Waals surface area (Å²) in [5.41, 5.74) is 0.335. The molecule has 1 atom stereocenters. The number of methoxy groups -OCH3 is 1. The lowest BCUT2D eigenvalue weighted by Crippen LogP contribution is -2.15. The van der Waals surface area contributed by atoms with Gasteiger partial charge in [0, 0.05) is 0 Å². The molecular weight excluding hydrogens is 273 g/mol. The van der Waals surface area contributed by atoms with Crippen molar-refractivity contribution in [2.75, 3.05) is 7.11 Å². The Bertz CT molecular complexity index is 704. The van der Waals surface area contributed by atoms with E-state index in [1.54, 1.807) is 30.3 Å². The highest BCUT2D eigenvalue weighted by Gasteiger charge is 2.26. The highest BCUT2D eigenvalue weighted by atomic mass is 19.1. The van der Waals surface area contributed by atoms with E-state index < -0.39 is 17.7 Å². The van der Waals surface area contributed by atoms with Gasteiger partial charge in [0.1, 0.15) is 23.6 Å². The maximum absolute atomic E-state index is 13.7. The third-order valence-electron chi connectivity index (χ3n) is 3.16. The number of benzene rings is 2. The number of nitrogens with zero attached hydrogens (tertiary/aromatic N) is 1. The zero-order valence-electron chi connectivity index (χ0n) is 11.2. The lowest BCUT2D eigenvalue weighted by Gasteiger charge is -2.15. The molecule has 0 saturated carbocycles. The summed E-state index contributed by atoms with van der Waals surface area (Å²) in [4.78, 5) is 11.6. The first-order valence-corrected chi connectivity index (χ1v) is 6.13. The standard InChI is InChI=1S/C16H12FNO3/c1-21-11-7-5-10(6-8-11)15(16(19)20)12-3-2-4-14(17)13(12)9-18/h2-8,15H,1H3,(H,19,20). The van der Waals surface area contributed by atoms with E-state index in [-0.39, 0.29) is 11.1 Å². The Morgan fingerprint density at radius 3 is 2.48 bits per heavy atom. The van der Waals surface area contributed by atoms with Gasteiger partial charge in [-0.3, -0.25) is 4.79 Å². The summed E-state index contributed by atoms with van der Waals surface area (Å²) in [6, 6.07) is 12.1. The number of nitriles is 1. The number of carboxylic acids is 1. The van der Waals surface area contributed by atoms with Crippen molar-refractivity contribution in [3.05, 3.63) is 65.0 Å². The minimum atomic E-state index is -1.15. The van der Waals surface area contributed by atoms with E-state index >= 15 is 0 Å². The Morgan fingerprint density at radius 1 is 1.29 bits per heavy atom. The van der Waals surface area contributed by atoms with Gasteiger partial charge in [-0.1, -0.05) is 24.3 Å². The number of carbonyl (C=O) groups is 1. The number of halogens is 1. The highest BCUT2D eigenvalue weighted by molar-refractivity contribution is 5.81. The molecule has 2 rings (SSSR count). The molecule has 0 heterocycles. The third kappa shape index (κ3) is 2.84. The molecule has 21 heavy (non-hydrogen) atoms. The van der Waals surface area contributed by atoms with Gasteiger partial charge in [0.05, 0.1) is 12.7 Å². The molecule has 0 saturated heterocycles. The van der Waals surface area contributed by atoms with Gasteiger partial charge >= 0.3 is 5.97 Å². The summed E-state index contributed by atoms with van der Waals surface area (Å²) in [6.07, 6.45) is 0. The predicted molar refractivity (Wildman–Crippen MR) is 73.6 cm³/mol. The van der Waals surface area contributed by atoms with Crippen molar-refractivity contribution >= 4 is 5.97 Å². The molecule has 0 aliphatic carbocycles. The molecule has 0 spiro atoms. The number of carboxylic acid groups (broad SMARTS) is 1. The first-order valence-electron chi connectivity index (χ1n) is 6.13. The zero-order valence-corrected chi connectivity index (χ0v) is 11.2. The summed E-state index contributed by atoms with van der Waals surface area (Å²) < 4.78 is 18.7. The van der Waals surface area contributed by atoms with Crippen molar-refractivity contribution in [2.24, 2.45) is 0 Å². The fourth-order valence-electron chi connectivity index (χ4n) is 2.15. The van der Waals surface area contributed by atoms with E-state index in [1.165, 1.54) is 19.2 Å². The molecular formula is C16H12FNO3. The van der Waals surface area contributed by atoms with Crippen molar-refractivity contribution < 1.29 is 19.0 Å². The molecule has 4 nitrogen and oxygen atoms in total. The summed E-state index contributed by atoms with van der Waals surface area (Å²) >= 11 is 0. The summed E-state index contributed by atoms with van der Waals surface area (Å²) in [7, 11) is 1.50. The molecule has 0 bridgehead atoms. The lowest BCUT2D eigenvalue weighted by atomic mass is 9.88. The van der Waals surface area contributed by atoms with Crippen LogP contribution in [0.5, 0.6) is 5.75 Å². The lowest BCUT2D eigenvalue weighted by molar-refractivity contribution is -0.137. The van der Waals surface area contributed by atoms with Crippen LogP contribution >= 0.6 is 0 Å². The van der Waals surface area contributed by atoms with Crippen LogP contribution in [0.4, 0.5) is 4.39 Å². The summed E-state index contributed by atoms with van der Waals surface area (Å²) in [6.45, 7) is 0. The molecule has 0 fully saturated rings. The van der Waals surface area contributed by atoms with Crippen molar-refractivity contribution in [3.8, 4) is 11.8 Å². The monoisotopic (exact) mass is 285 g/mol. The quantitative estimate of drug-likeness (QED) is 0.937. The Kier molecular flexibility index (Phi) is 4.19. The Labute approximate surface area is 121 Å².